The minimum Gasteiger partial charge on any atom is -0.467 e. The first-order valence-electron chi connectivity index (χ1n) is 9.29. The van der Waals surface area contributed by atoms with Gasteiger partial charge in [-0.3, -0.25) is 5.41 Å². The van der Waals surface area contributed by atoms with Crippen molar-refractivity contribution >= 4 is 46.7 Å². The number of carbonyl (C=O) groups excluding carboxylic acids is 1. The molecular formula is C18H30Cl3NO7. The zero-order valence-electron chi connectivity index (χ0n) is 17.6. The number of alkyl halides is 3. The van der Waals surface area contributed by atoms with E-state index >= 15 is 0 Å². The maximum atomic E-state index is 12.4. The van der Waals surface area contributed by atoms with Crippen molar-refractivity contribution < 1.29 is 33.2 Å². The molecule has 1 heterocycles. The molecule has 8 nitrogen and oxygen atoms in total. The Morgan fingerprint density at radius 2 is 1.34 bits per heavy atom. The van der Waals surface area contributed by atoms with Crippen molar-refractivity contribution in [1.29, 1.82) is 5.41 Å². The molecule has 0 aromatic rings. The average molecular weight is 479 g/mol. The summed E-state index contributed by atoms with van der Waals surface area (Å²) in [6.07, 6.45) is -5.74. The Balaban J connectivity index is 3.38. The van der Waals surface area contributed by atoms with Crippen molar-refractivity contribution in [3.05, 3.63) is 0 Å². The molecule has 1 aliphatic heterocycles. The SMILES string of the molecule is COC(=O)[C@H]1O[C@H](OC(=N)C(Cl)(Cl)Cl)[C@H](OC(C)C)[C@@H](OC(C)C)[C@@H]1OC(C)C. The fourth-order valence-corrected chi connectivity index (χ4v) is 2.92. The highest BCUT2D eigenvalue weighted by Gasteiger charge is 2.54. The van der Waals surface area contributed by atoms with E-state index in [9.17, 15) is 4.79 Å². The van der Waals surface area contributed by atoms with E-state index in [0.29, 0.717) is 0 Å². The molecule has 11 heteroatoms. The van der Waals surface area contributed by atoms with Crippen molar-refractivity contribution in [1.82, 2.24) is 0 Å². The average Bonchev–Trinajstić information content (AvgIpc) is 2.56. The fraction of sp³-hybridized carbons (Fsp3) is 0.889. The number of carbonyl (C=O) groups is 1. The van der Waals surface area contributed by atoms with Crippen LogP contribution in [0.1, 0.15) is 41.5 Å². The van der Waals surface area contributed by atoms with Crippen LogP contribution in [-0.2, 0) is 33.2 Å². The second-order valence-corrected chi connectivity index (χ2v) is 9.62. The molecule has 0 radical (unpaired) electrons. The van der Waals surface area contributed by atoms with Crippen LogP contribution in [0.4, 0.5) is 0 Å². The summed E-state index contributed by atoms with van der Waals surface area (Å²) < 4.78 is 32.0. The smallest absolute Gasteiger partial charge is 0.338 e. The Hall–Kier alpha value is -0.350. The Bertz CT molecular complexity index is 554. The van der Waals surface area contributed by atoms with Gasteiger partial charge in [0.25, 0.3) is 3.79 Å². The first-order chi connectivity index (χ1) is 13.3. The quantitative estimate of drug-likeness (QED) is 0.246. The second kappa shape index (κ2) is 11.3. The van der Waals surface area contributed by atoms with Gasteiger partial charge in [-0.05, 0) is 41.5 Å². The summed E-state index contributed by atoms with van der Waals surface area (Å²) in [5.74, 6) is -1.37. The number of rotatable bonds is 8. The molecule has 1 fully saturated rings. The van der Waals surface area contributed by atoms with E-state index < -0.39 is 46.4 Å². The Morgan fingerprint density at radius 1 is 0.897 bits per heavy atom. The zero-order chi connectivity index (χ0) is 22.5. The predicted octanol–water partition coefficient (Wildman–Crippen LogP) is 3.63. The molecule has 29 heavy (non-hydrogen) atoms. The molecule has 0 unspecified atom stereocenters. The lowest BCUT2D eigenvalue weighted by atomic mass is 9.97. The zero-order valence-corrected chi connectivity index (χ0v) is 19.9. The van der Waals surface area contributed by atoms with E-state index in [1.54, 1.807) is 0 Å². The molecule has 0 aromatic carbocycles. The maximum absolute atomic E-state index is 12.4. The van der Waals surface area contributed by atoms with Gasteiger partial charge in [-0.2, -0.15) is 0 Å². The van der Waals surface area contributed by atoms with Gasteiger partial charge in [0.05, 0.1) is 25.4 Å². The third-order valence-corrected chi connectivity index (χ3v) is 4.22. The van der Waals surface area contributed by atoms with Gasteiger partial charge in [-0.15, -0.1) is 0 Å². The van der Waals surface area contributed by atoms with E-state index in [1.165, 1.54) is 7.11 Å². The number of halogens is 3. The number of methoxy groups -OCH3 is 1. The van der Waals surface area contributed by atoms with E-state index in [0.717, 1.165) is 0 Å². The van der Waals surface area contributed by atoms with Crippen molar-refractivity contribution in [2.45, 2.75) is 94.4 Å². The summed E-state index contributed by atoms with van der Waals surface area (Å²) in [6.45, 7) is 10.9. The highest BCUT2D eigenvalue weighted by atomic mass is 35.6. The van der Waals surface area contributed by atoms with Gasteiger partial charge in [0.15, 0.2) is 6.10 Å². The van der Waals surface area contributed by atoms with E-state index in [1.807, 2.05) is 41.5 Å². The topological polar surface area (TPSA) is 96.3 Å². The van der Waals surface area contributed by atoms with Crippen LogP contribution >= 0.6 is 34.8 Å². The van der Waals surface area contributed by atoms with Crippen LogP contribution < -0.4 is 0 Å². The molecule has 5 atom stereocenters. The highest BCUT2D eigenvalue weighted by molar-refractivity contribution is 6.76. The molecule has 1 aliphatic rings. The lowest BCUT2D eigenvalue weighted by Gasteiger charge is -2.46. The largest absolute Gasteiger partial charge is 0.467 e. The molecule has 0 spiro atoms. The van der Waals surface area contributed by atoms with Gasteiger partial charge in [0.2, 0.25) is 12.2 Å². The predicted molar refractivity (Wildman–Crippen MR) is 110 cm³/mol. The van der Waals surface area contributed by atoms with E-state index in [4.69, 9.17) is 68.6 Å². The second-order valence-electron chi connectivity index (χ2n) is 7.34. The third kappa shape index (κ3) is 8.01. The third-order valence-electron chi connectivity index (χ3n) is 3.71. The maximum Gasteiger partial charge on any atom is 0.338 e. The van der Waals surface area contributed by atoms with Crippen molar-refractivity contribution in [3.8, 4) is 0 Å². The Labute approximate surface area is 186 Å². The molecule has 1 saturated heterocycles. The molecule has 1 N–H and O–H groups in total. The summed E-state index contributed by atoms with van der Waals surface area (Å²) in [5, 5.41) is 7.90. The monoisotopic (exact) mass is 477 g/mol. The number of esters is 1. The first kappa shape index (κ1) is 26.7. The molecule has 0 aromatic heterocycles. The Kier molecular flexibility index (Phi) is 10.4. The molecular weight excluding hydrogens is 449 g/mol. The van der Waals surface area contributed by atoms with Crippen molar-refractivity contribution in [2.75, 3.05) is 7.11 Å². The molecule has 0 bridgehead atoms. The fourth-order valence-electron chi connectivity index (χ4n) is 2.79. The number of hydrogen-bond donors (Lipinski definition) is 1. The first-order valence-corrected chi connectivity index (χ1v) is 10.4. The molecule has 1 rings (SSSR count). The lowest BCUT2D eigenvalue weighted by molar-refractivity contribution is -0.312. The van der Waals surface area contributed by atoms with Crippen molar-refractivity contribution in [2.24, 2.45) is 0 Å². The number of hydrogen-bond acceptors (Lipinski definition) is 8. The summed E-state index contributed by atoms with van der Waals surface area (Å²) in [5.41, 5.74) is 0. The van der Waals surface area contributed by atoms with Crippen molar-refractivity contribution in [3.63, 3.8) is 0 Å². The minimum atomic E-state index is -2.12. The number of nitrogens with one attached hydrogen (secondary N) is 1. The number of ether oxygens (including phenoxy) is 6. The summed E-state index contributed by atoms with van der Waals surface area (Å²) in [7, 11) is 1.23. The highest BCUT2D eigenvalue weighted by Crippen LogP contribution is 2.34. The van der Waals surface area contributed by atoms with Gasteiger partial charge in [-0.1, -0.05) is 34.8 Å². The summed E-state index contributed by atoms with van der Waals surface area (Å²) in [4.78, 5) is 12.4. The van der Waals surface area contributed by atoms with Gasteiger partial charge in [0, 0.05) is 0 Å². The molecule has 0 amide bonds. The van der Waals surface area contributed by atoms with Crippen LogP contribution in [0.2, 0.25) is 0 Å². The van der Waals surface area contributed by atoms with E-state index in [2.05, 4.69) is 0 Å². The summed E-state index contributed by atoms with van der Waals surface area (Å²) in [6, 6.07) is 0. The minimum absolute atomic E-state index is 0.235. The molecule has 0 aliphatic carbocycles. The summed E-state index contributed by atoms with van der Waals surface area (Å²) >= 11 is 17.2. The van der Waals surface area contributed by atoms with Gasteiger partial charge in [-0.25, -0.2) is 4.79 Å². The van der Waals surface area contributed by atoms with Crippen LogP contribution in [0.3, 0.4) is 0 Å². The van der Waals surface area contributed by atoms with Crippen LogP contribution in [0.15, 0.2) is 0 Å². The molecule has 170 valence electrons. The van der Waals surface area contributed by atoms with Crippen LogP contribution in [0.25, 0.3) is 0 Å². The lowest BCUT2D eigenvalue weighted by Crippen LogP contribution is -2.64. The van der Waals surface area contributed by atoms with Gasteiger partial charge >= 0.3 is 5.97 Å². The normalized spacial score (nSPS) is 28.1. The molecule has 0 saturated carbocycles. The Morgan fingerprint density at radius 3 is 1.76 bits per heavy atom. The van der Waals surface area contributed by atoms with Crippen LogP contribution in [0.5, 0.6) is 0 Å². The van der Waals surface area contributed by atoms with E-state index in [-0.39, 0.29) is 18.3 Å². The van der Waals surface area contributed by atoms with Gasteiger partial charge < -0.3 is 28.4 Å². The van der Waals surface area contributed by atoms with Gasteiger partial charge in [0.1, 0.15) is 18.3 Å². The van der Waals surface area contributed by atoms with Crippen LogP contribution in [-0.4, -0.2) is 71.8 Å². The standard InChI is InChI=1S/C18H30Cl3NO7/c1-8(2)25-11-12(26-9(3)4)14(27-10(5)6)16(28-13(11)15(23)24-7)29-17(22)18(19,20)21/h8-14,16,22H,1-7H3/t11-,12-,13-,14+,16+/m0/s1. The van der Waals surface area contributed by atoms with Crippen LogP contribution in [0, 0.1) is 5.41 Å².